The first-order valence-corrected chi connectivity index (χ1v) is 40.8. The Labute approximate surface area is 687 Å². The van der Waals surface area contributed by atoms with Crippen LogP contribution in [0.3, 0.4) is 0 Å². The molecule has 1 aromatic rings. The number of carbonyl (C=O) groups excluding carboxylic acids is 15. The summed E-state index contributed by atoms with van der Waals surface area (Å²) in [5.41, 5.74) is 39.4. The Hall–Kier alpha value is -11.0. The minimum absolute atomic E-state index is 0.00000174. The first kappa shape index (κ1) is 100. The lowest BCUT2D eigenvalue weighted by molar-refractivity contribution is -0.144. The normalized spacial score (nSPS) is 17.7. The Bertz CT molecular complexity index is 3830. The van der Waals surface area contributed by atoms with Crippen LogP contribution in [0, 0.1) is 11.3 Å². The number of primary amides is 2. The first-order chi connectivity index (χ1) is 56.2. The molecule has 46 nitrogen and oxygen atoms in total. The van der Waals surface area contributed by atoms with Gasteiger partial charge in [-0.2, -0.15) is 8.42 Å². The van der Waals surface area contributed by atoms with Gasteiger partial charge in [-0.15, -0.1) is 0 Å². The van der Waals surface area contributed by atoms with Crippen molar-refractivity contribution in [3.63, 3.8) is 0 Å². The molecule has 13 atom stereocenters. The fraction of sp³-hybridized carbons (Fsp3) is 0.667. The van der Waals surface area contributed by atoms with Crippen LogP contribution in [0.1, 0.15) is 161 Å². The SMILES string of the molecule is CC(C)C[C@H](NC(=O)[C@@H]1CCCN1C(=O)[C@H](CCCCN)NC(=O)[C@H](CO)NC(=O)[C@H](CCCNC(=N)N)NC(=O)[C@@H]1CCCN1C(=O)[C@H](CCCCN)NC(=O)[C@@H]1CCCN1C(=O)CNC(=O)[C@H](CCC(N)=O)NC(=O)[C@H](Cc1ccc(OS(=O)(=O)O)cc1)NC(=O)[C@@H](N)CC(=O)O)C(=O)N[C@@H](CCCCN)C(=O)N[C@@H](CC(N)=O)C(=O)O. The number of hydrogen-bond acceptors (Lipinski definition) is 26. The fourth-order valence-corrected chi connectivity index (χ4v) is 14.0. The number of rotatable bonds is 54. The number of aliphatic carboxylic acids is 2. The highest BCUT2D eigenvalue weighted by Crippen LogP contribution is 2.25. The van der Waals surface area contributed by atoms with Crippen LogP contribution in [0.4, 0.5) is 0 Å². The summed E-state index contributed by atoms with van der Waals surface area (Å²) in [4.78, 5) is 235. The lowest BCUT2D eigenvalue weighted by Gasteiger charge is -2.32. The van der Waals surface area contributed by atoms with Gasteiger partial charge in [0, 0.05) is 39.0 Å². The molecule has 1 aromatic carbocycles. The second kappa shape index (κ2) is 50.7. The van der Waals surface area contributed by atoms with Crippen LogP contribution in [0.5, 0.6) is 5.75 Å². The minimum atomic E-state index is -4.94. The molecule has 0 saturated carbocycles. The Morgan fingerprint density at radius 1 is 0.496 bits per heavy atom. The number of aliphatic hydroxyl groups excluding tert-OH is 1. The zero-order valence-electron chi connectivity index (χ0n) is 66.8. The zero-order chi connectivity index (χ0) is 88.8. The van der Waals surface area contributed by atoms with Crippen molar-refractivity contribution < 1.29 is 114 Å². The van der Waals surface area contributed by atoms with Gasteiger partial charge in [0.15, 0.2) is 5.96 Å². The second-order valence-electron chi connectivity index (χ2n) is 29.6. The molecule has 3 heterocycles. The third-order valence-corrected chi connectivity index (χ3v) is 20.1. The number of hydrogen-bond donors (Lipinski definition) is 23. The molecule has 30 N–H and O–H groups in total. The molecule has 3 saturated heterocycles. The van der Waals surface area contributed by atoms with Crippen molar-refractivity contribution in [1.29, 1.82) is 5.41 Å². The second-order valence-corrected chi connectivity index (χ2v) is 30.6. The summed E-state index contributed by atoms with van der Waals surface area (Å²) in [7, 11) is -4.94. The number of unbranched alkanes of at least 4 members (excludes halogenated alkanes) is 3. The molecular weight excluding hydrogens is 1590 g/mol. The molecular formula is C72H118N22O24S. The monoisotopic (exact) mass is 1710 g/mol. The van der Waals surface area contributed by atoms with Crippen LogP contribution in [0.25, 0.3) is 0 Å². The molecule has 0 bridgehead atoms. The molecule has 47 heteroatoms. The summed E-state index contributed by atoms with van der Waals surface area (Å²) < 4.78 is 36.0. The number of nitrogens with two attached hydrogens (primary N) is 7. The highest BCUT2D eigenvalue weighted by molar-refractivity contribution is 7.81. The number of carboxylic acid groups (broad SMARTS) is 2. The molecule has 666 valence electrons. The van der Waals surface area contributed by atoms with E-state index >= 15 is 0 Å². The molecule has 0 aromatic heterocycles. The lowest BCUT2D eigenvalue weighted by atomic mass is 10.0. The highest BCUT2D eigenvalue weighted by atomic mass is 32.3. The Morgan fingerprint density at radius 3 is 1.38 bits per heavy atom. The average Bonchev–Trinajstić information content (AvgIpc) is 1.71. The summed E-state index contributed by atoms with van der Waals surface area (Å²) >= 11 is 0. The van der Waals surface area contributed by atoms with E-state index in [1.54, 1.807) is 13.8 Å². The third kappa shape index (κ3) is 34.8. The molecule has 3 aliphatic heterocycles. The largest absolute Gasteiger partial charge is 0.481 e. The van der Waals surface area contributed by atoms with E-state index in [-0.39, 0.29) is 153 Å². The molecule has 15 amide bonds. The average molecular weight is 1710 g/mol. The number of amides is 15. The number of carboxylic acids is 2. The number of nitrogens with one attached hydrogen (secondary N) is 12. The summed E-state index contributed by atoms with van der Waals surface area (Å²) in [6, 6.07) is -14.5. The summed E-state index contributed by atoms with van der Waals surface area (Å²) in [6.45, 7) is 2.19. The molecule has 119 heavy (non-hydrogen) atoms. The molecule has 0 spiro atoms. The Morgan fingerprint density at radius 2 is 0.908 bits per heavy atom. The molecule has 0 unspecified atom stereocenters. The van der Waals surface area contributed by atoms with Crippen molar-refractivity contribution in [3.05, 3.63) is 29.8 Å². The number of guanidine groups is 1. The standard InChI is InChI=1S/C72H118N22O24S/c1-39(2)33-48(63(105)83-43(13-3-6-26-73)61(103)90-50(71(113)114)36-56(78)97)89-68(110)54-19-12-32-94(54)69(111)46(14-4-7-27-74)86-65(107)51(38-95)91-62(104)44(16-9-29-81-72(79)80)85-67(109)53-18-11-31-93(53)70(112)47(15-5-8-28-75)87-66(108)52-17-10-30-92(52)57(98)37-82-60(102)45(24-25-55(77)96)84-64(106)49(88-59(101)42(76)35-58(99)100)34-40-20-22-41(23-21-40)118-119(115,116)117/h20-23,39,42-54,95H,3-19,24-38,73-76H2,1-2H3,(H2,77,96)(H2,78,97)(H,82,102)(H,83,105)(H,84,106)(H,85,109)(H,86,107)(H,87,108)(H,88,101)(H,89,110)(H,90,103)(H,91,104)(H,99,100)(H,113,114)(H4,79,80,81)(H,115,116,117)/t42-,43-,44-,45-,46-,47-,48-,49-,50-,51-,52-,53-,54-/m0/s1. The van der Waals surface area contributed by atoms with Crippen LogP contribution < -0.4 is 103 Å². The Balaban J connectivity index is 1.52. The smallest absolute Gasteiger partial charge is 0.446 e. The van der Waals surface area contributed by atoms with Gasteiger partial charge in [-0.1, -0.05) is 26.0 Å². The van der Waals surface area contributed by atoms with Crippen molar-refractivity contribution in [2.45, 2.75) is 240 Å². The van der Waals surface area contributed by atoms with Crippen LogP contribution in [-0.4, -0.2) is 287 Å². The van der Waals surface area contributed by atoms with E-state index in [1.807, 2.05) is 0 Å². The number of likely N-dealkylation sites (tertiary alicyclic amines) is 3. The van der Waals surface area contributed by atoms with Crippen LogP contribution in [0.15, 0.2) is 24.3 Å². The van der Waals surface area contributed by atoms with Gasteiger partial charge in [0.2, 0.25) is 88.6 Å². The number of carbonyl (C=O) groups is 17. The predicted octanol–water partition coefficient (Wildman–Crippen LogP) is -8.42. The minimum Gasteiger partial charge on any atom is -0.481 e. The van der Waals surface area contributed by atoms with E-state index in [2.05, 4.69) is 62.7 Å². The van der Waals surface area contributed by atoms with Crippen molar-refractivity contribution >= 4 is 117 Å². The molecule has 3 aliphatic rings. The van der Waals surface area contributed by atoms with Gasteiger partial charge in [0.1, 0.15) is 78.3 Å². The number of aliphatic hydroxyl groups is 1. The topological polar surface area (TPSA) is 763 Å². The van der Waals surface area contributed by atoms with Crippen molar-refractivity contribution in [2.24, 2.45) is 46.1 Å². The van der Waals surface area contributed by atoms with Gasteiger partial charge in [-0.05, 0) is 165 Å². The van der Waals surface area contributed by atoms with Gasteiger partial charge in [0.25, 0.3) is 0 Å². The first-order valence-electron chi connectivity index (χ1n) is 39.5. The zero-order valence-corrected chi connectivity index (χ0v) is 67.6. The highest BCUT2D eigenvalue weighted by Gasteiger charge is 2.44. The van der Waals surface area contributed by atoms with E-state index in [4.69, 9.17) is 50.1 Å². The van der Waals surface area contributed by atoms with Crippen molar-refractivity contribution in [1.82, 2.24) is 73.2 Å². The van der Waals surface area contributed by atoms with E-state index in [0.29, 0.717) is 25.7 Å². The third-order valence-electron chi connectivity index (χ3n) is 19.7. The van der Waals surface area contributed by atoms with Gasteiger partial charge in [0.05, 0.1) is 32.0 Å². The van der Waals surface area contributed by atoms with Gasteiger partial charge >= 0.3 is 22.3 Å². The van der Waals surface area contributed by atoms with E-state index in [9.17, 15) is 105 Å². The summed E-state index contributed by atoms with van der Waals surface area (Å²) in [5.74, 6) is -17.8. The predicted molar refractivity (Wildman–Crippen MR) is 421 cm³/mol. The van der Waals surface area contributed by atoms with E-state index < -0.39 is 241 Å². The maximum absolute atomic E-state index is 14.8. The van der Waals surface area contributed by atoms with Crippen LogP contribution in [-0.2, 0) is 98.3 Å². The maximum Gasteiger partial charge on any atom is 0.446 e. The fourth-order valence-electron chi connectivity index (χ4n) is 13.6. The summed E-state index contributed by atoms with van der Waals surface area (Å²) in [5, 5.41) is 64.9. The number of benzene rings is 1. The van der Waals surface area contributed by atoms with E-state index in [1.165, 1.54) is 21.9 Å². The maximum atomic E-state index is 14.8. The van der Waals surface area contributed by atoms with Crippen molar-refractivity contribution in [2.75, 3.05) is 59.0 Å². The summed E-state index contributed by atoms with van der Waals surface area (Å²) in [6.07, 6.45) is -0.219. The van der Waals surface area contributed by atoms with E-state index in [0.717, 1.165) is 17.0 Å². The number of nitrogens with zero attached hydrogens (tertiary/aromatic N) is 3. The molecule has 0 radical (unpaired) electrons. The van der Waals surface area contributed by atoms with Gasteiger partial charge in [-0.25, -0.2) is 4.79 Å². The van der Waals surface area contributed by atoms with Crippen LogP contribution >= 0.6 is 0 Å². The van der Waals surface area contributed by atoms with Crippen molar-refractivity contribution in [3.8, 4) is 5.75 Å². The molecule has 0 aliphatic carbocycles. The molecule has 3 fully saturated rings. The lowest BCUT2D eigenvalue weighted by Crippen LogP contribution is -2.61. The molecule has 4 rings (SSSR count). The van der Waals surface area contributed by atoms with Gasteiger partial charge < -0.3 is 133 Å². The quantitative estimate of drug-likeness (QED) is 0.0125. The van der Waals surface area contributed by atoms with Crippen LogP contribution in [0.2, 0.25) is 0 Å². The van der Waals surface area contributed by atoms with Gasteiger partial charge in [-0.3, -0.25) is 86.7 Å². The Kier molecular flexibility index (Phi) is 42.7.